The van der Waals surface area contributed by atoms with Gasteiger partial charge in [-0.05, 0) is 0 Å². The predicted octanol–water partition coefficient (Wildman–Crippen LogP) is -2.30. The molecule has 0 aliphatic carbocycles. The summed E-state index contributed by atoms with van der Waals surface area (Å²) in [5.41, 5.74) is 0. The van der Waals surface area contributed by atoms with Crippen molar-refractivity contribution in [2.75, 3.05) is 0 Å². The Balaban J connectivity index is 0. The van der Waals surface area contributed by atoms with Gasteiger partial charge in [0.1, 0.15) is 0 Å². The van der Waals surface area contributed by atoms with Gasteiger partial charge in [-0.25, -0.2) is 0 Å². The van der Waals surface area contributed by atoms with Crippen molar-refractivity contribution < 1.29 is 30.4 Å². The maximum Gasteiger partial charge on any atom is 0 e. The van der Waals surface area contributed by atoms with Crippen LogP contribution in [-0.4, -0.2) is 34.9 Å². The van der Waals surface area contributed by atoms with E-state index >= 15 is 0 Å². The molecule has 23 valence electrons. The van der Waals surface area contributed by atoms with Crippen LogP contribution in [0.15, 0.2) is 0 Å². The second-order valence-electron chi connectivity index (χ2n) is 0. The third-order valence-electron chi connectivity index (χ3n) is 0. The van der Waals surface area contributed by atoms with E-state index in [-0.39, 0.29) is 54.3 Å². The van der Waals surface area contributed by atoms with Crippen LogP contribution in [0.4, 0.5) is 0 Å². The molecular formula is H5O2SnZn. The van der Waals surface area contributed by atoms with Crippen molar-refractivity contribution in [1.82, 2.24) is 0 Å². The fraction of sp³-hybridized carbons (Fsp3) is 0. The minimum Gasteiger partial charge on any atom is 0 e. The molecule has 0 heterocycles. The molecule has 0 rings (SSSR count). The summed E-state index contributed by atoms with van der Waals surface area (Å²) in [4.78, 5) is 0. The van der Waals surface area contributed by atoms with Gasteiger partial charge in [0.05, 0.1) is 0 Å². The first kappa shape index (κ1) is 55.9. The molecule has 0 atom stereocenters. The SMILES string of the molecule is O.O.[SnH].[Zn]. The van der Waals surface area contributed by atoms with Crippen LogP contribution in [-0.2, 0) is 19.5 Å². The molecule has 0 aromatic rings. The molecule has 0 amide bonds. The van der Waals surface area contributed by atoms with Crippen molar-refractivity contribution in [2.24, 2.45) is 0 Å². The molecule has 0 bridgehead atoms. The van der Waals surface area contributed by atoms with E-state index in [2.05, 4.69) is 0 Å². The Hall–Kier alpha value is 1.34. The van der Waals surface area contributed by atoms with E-state index in [0.717, 1.165) is 0 Å². The summed E-state index contributed by atoms with van der Waals surface area (Å²) in [5.74, 6) is 0. The van der Waals surface area contributed by atoms with E-state index in [1.165, 1.54) is 0 Å². The minimum atomic E-state index is 0. The fourth-order valence-corrected chi connectivity index (χ4v) is 0. The van der Waals surface area contributed by atoms with E-state index in [9.17, 15) is 0 Å². The molecular weight excluding hydrogens is 216 g/mol. The summed E-state index contributed by atoms with van der Waals surface area (Å²) in [6.45, 7) is 0. The monoisotopic (exact) mass is 221 g/mol. The fourth-order valence-electron chi connectivity index (χ4n) is 0. The molecule has 4 heteroatoms. The van der Waals surface area contributed by atoms with Crippen LogP contribution < -0.4 is 0 Å². The molecule has 0 spiro atoms. The molecule has 2 nitrogen and oxygen atoms in total. The van der Waals surface area contributed by atoms with Crippen molar-refractivity contribution in [3.05, 3.63) is 0 Å². The van der Waals surface area contributed by atoms with Gasteiger partial charge in [-0.15, -0.1) is 0 Å². The van der Waals surface area contributed by atoms with Gasteiger partial charge in [0.15, 0.2) is 0 Å². The molecule has 0 aliphatic heterocycles. The first-order valence-corrected chi connectivity index (χ1v) is 0. The van der Waals surface area contributed by atoms with Gasteiger partial charge in [0.25, 0.3) is 0 Å². The Morgan fingerprint density at radius 3 is 0.750 bits per heavy atom. The van der Waals surface area contributed by atoms with Crippen LogP contribution in [0.3, 0.4) is 0 Å². The van der Waals surface area contributed by atoms with Gasteiger partial charge >= 0.3 is 23.9 Å². The van der Waals surface area contributed by atoms with E-state index < -0.39 is 0 Å². The molecule has 0 unspecified atom stereocenters. The summed E-state index contributed by atoms with van der Waals surface area (Å²) in [6, 6.07) is 0. The molecule has 0 aromatic carbocycles. The predicted molar refractivity (Wildman–Crippen MR) is 14.4 cm³/mol. The maximum atomic E-state index is 0. The van der Waals surface area contributed by atoms with Gasteiger partial charge in [0, 0.05) is 19.5 Å². The minimum absolute atomic E-state index is 0. The largest absolute Gasteiger partial charge is 0 e. The second-order valence-corrected chi connectivity index (χ2v) is 0. The van der Waals surface area contributed by atoms with E-state index in [4.69, 9.17) is 0 Å². The summed E-state index contributed by atoms with van der Waals surface area (Å²) in [5, 5.41) is 0. The molecule has 0 aromatic heterocycles. The molecule has 0 saturated heterocycles. The molecule has 0 fully saturated rings. The third-order valence-corrected chi connectivity index (χ3v) is 0. The van der Waals surface area contributed by atoms with Crippen LogP contribution in [0, 0.1) is 0 Å². The Kier molecular flexibility index (Phi) is 376. The van der Waals surface area contributed by atoms with Gasteiger partial charge in [0.2, 0.25) is 0 Å². The third kappa shape index (κ3) is 10.2. The van der Waals surface area contributed by atoms with Crippen molar-refractivity contribution in [3.63, 3.8) is 0 Å². The summed E-state index contributed by atoms with van der Waals surface area (Å²) >= 11 is 0. The van der Waals surface area contributed by atoms with Crippen molar-refractivity contribution in [3.8, 4) is 0 Å². The van der Waals surface area contributed by atoms with Crippen molar-refractivity contribution in [1.29, 1.82) is 0 Å². The van der Waals surface area contributed by atoms with Gasteiger partial charge in [-0.3, -0.25) is 0 Å². The van der Waals surface area contributed by atoms with Crippen LogP contribution in [0.1, 0.15) is 0 Å². The molecule has 0 saturated carbocycles. The Bertz CT molecular complexity index is 6.00. The van der Waals surface area contributed by atoms with E-state index in [0.29, 0.717) is 0 Å². The van der Waals surface area contributed by atoms with Crippen molar-refractivity contribution in [2.45, 2.75) is 0 Å². The Morgan fingerprint density at radius 2 is 0.750 bits per heavy atom. The first-order chi connectivity index (χ1) is 0. The number of hydrogen-bond acceptors (Lipinski definition) is 0. The van der Waals surface area contributed by atoms with Gasteiger partial charge < -0.3 is 11.0 Å². The quantitative estimate of drug-likeness (QED) is 0.413. The van der Waals surface area contributed by atoms with Gasteiger partial charge in [-0.1, -0.05) is 0 Å². The zero-order chi connectivity index (χ0) is 0. The van der Waals surface area contributed by atoms with Crippen LogP contribution >= 0.6 is 0 Å². The summed E-state index contributed by atoms with van der Waals surface area (Å²) < 4.78 is 0. The van der Waals surface area contributed by atoms with Crippen LogP contribution in [0.5, 0.6) is 0 Å². The molecule has 0 aliphatic rings. The summed E-state index contributed by atoms with van der Waals surface area (Å²) in [6.07, 6.45) is 0. The Morgan fingerprint density at radius 1 is 0.750 bits per heavy atom. The van der Waals surface area contributed by atoms with Crippen molar-refractivity contribution >= 4 is 23.9 Å². The normalized spacial score (nSPS) is 0. The van der Waals surface area contributed by atoms with Crippen LogP contribution in [0.25, 0.3) is 0 Å². The van der Waals surface area contributed by atoms with Crippen LogP contribution in [0.2, 0.25) is 0 Å². The maximum absolute atomic E-state index is 0. The second kappa shape index (κ2) is 26.9. The zero-order valence-electron chi connectivity index (χ0n) is 2.28. The number of hydrogen-bond donors (Lipinski definition) is 0. The molecule has 4 heavy (non-hydrogen) atoms. The standard InChI is InChI=1S/2H2O.Sn.Zn.H/h2*1H2;;;. The van der Waals surface area contributed by atoms with E-state index in [1.807, 2.05) is 0 Å². The van der Waals surface area contributed by atoms with Gasteiger partial charge in [-0.2, -0.15) is 0 Å². The first-order valence-electron chi connectivity index (χ1n) is 0. The average molecular weight is 221 g/mol. The summed E-state index contributed by atoms with van der Waals surface area (Å²) in [7, 11) is 0. The van der Waals surface area contributed by atoms with E-state index in [1.54, 1.807) is 0 Å². The topological polar surface area (TPSA) is 63.0 Å². The average Bonchev–Trinajstić information content (AvgIpc) is 0. The molecule has 4 N–H and O–H groups in total. The zero-order valence-corrected chi connectivity index (χ0v) is 8.55. The molecule has 3 radical (unpaired) electrons. The Labute approximate surface area is 54.3 Å². The smallest absolute Gasteiger partial charge is 0 e. The number of rotatable bonds is 0.